The van der Waals surface area contributed by atoms with E-state index >= 15 is 0 Å². The second kappa shape index (κ2) is 7.23. The van der Waals surface area contributed by atoms with Crippen molar-refractivity contribution in [3.05, 3.63) is 59.4 Å². The van der Waals surface area contributed by atoms with Gasteiger partial charge in [0, 0.05) is 0 Å². The number of halogens is 1. The van der Waals surface area contributed by atoms with Gasteiger partial charge in [-0.2, -0.15) is 0 Å². The Kier molecular flexibility index (Phi) is 5.10. The average molecular weight is 333 g/mol. The van der Waals surface area contributed by atoms with Crippen molar-refractivity contribution in [3.63, 3.8) is 0 Å². The first-order valence-electron chi connectivity index (χ1n) is 6.65. The van der Waals surface area contributed by atoms with Crippen LogP contribution in [0, 0.1) is 5.82 Å². The number of carboxylic acids is 2. The maximum Gasteiger partial charge on any atom is 0.335 e. The molecule has 2 aromatic rings. The van der Waals surface area contributed by atoms with E-state index in [1.54, 1.807) is 0 Å². The summed E-state index contributed by atoms with van der Waals surface area (Å²) in [7, 11) is 0. The average Bonchev–Trinajstić information content (AvgIpc) is 2.54. The van der Waals surface area contributed by atoms with Gasteiger partial charge in [0.25, 0.3) is 5.91 Å². The number of ether oxygens (including phenoxy) is 1. The van der Waals surface area contributed by atoms with Gasteiger partial charge in [-0.05, 0) is 30.3 Å². The smallest absolute Gasteiger partial charge is 0.335 e. The van der Waals surface area contributed by atoms with E-state index in [9.17, 15) is 18.8 Å². The number of carboxylic acid groups (broad SMARTS) is 2. The first-order valence-corrected chi connectivity index (χ1v) is 6.65. The molecule has 24 heavy (non-hydrogen) atoms. The Labute approximate surface area is 135 Å². The highest BCUT2D eigenvalue weighted by Crippen LogP contribution is 2.18. The van der Waals surface area contributed by atoms with Gasteiger partial charge < -0.3 is 20.3 Å². The van der Waals surface area contributed by atoms with Crippen molar-refractivity contribution in [3.8, 4) is 5.75 Å². The lowest BCUT2D eigenvalue weighted by atomic mass is 10.1. The minimum Gasteiger partial charge on any atom is -0.484 e. The van der Waals surface area contributed by atoms with Crippen LogP contribution in [0.4, 0.5) is 10.1 Å². The molecule has 3 N–H and O–H groups in total. The van der Waals surface area contributed by atoms with Crippen molar-refractivity contribution in [2.75, 3.05) is 11.9 Å². The van der Waals surface area contributed by atoms with E-state index in [4.69, 9.17) is 14.9 Å². The van der Waals surface area contributed by atoms with E-state index < -0.39 is 30.3 Å². The summed E-state index contributed by atoms with van der Waals surface area (Å²) in [5.74, 6) is -4.07. The third-order valence-corrected chi connectivity index (χ3v) is 2.92. The SMILES string of the molecule is O=C(COc1cc(C(=O)O)cc(C(=O)O)c1)Nc1ccccc1F. The number of amides is 1. The van der Waals surface area contributed by atoms with E-state index in [0.29, 0.717) is 0 Å². The number of hydrogen-bond acceptors (Lipinski definition) is 4. The highest BCUT2D eigenvalue weighted by molar-refractivity contribution is 5.95. The molecule has 124 valence electrons. The lowest BCUT2D eigenvalue weighted by molar-refractivity contribution is -0.118. The van der Waals surface area contributed by atoms with E-state index in [1.807, 2.05) is 0 Å². The molecule has 0 aromatic heterocycles. The Balaban J connectivity index is 2.08. The first kappa shape index (κ1) is 16.9. The minimum absolute atomic E-state index is 0.0309. The molecular weight excluding hydrogens is 321 g/mol. The van der Waals surface area contributed by atoms with Gasteiger partial charge in [0.05, 0.1) is 16.8 Å². The van der Waals surface area contributed by atoms with Gasteiger partial charge in [-0.25, -0.2) is 14.0 Å². The topological polar surface area (TPSA) is 113 Å². The normalized spacial score (nSPS) is 10.0. The van der Waals surface area contributed by atoms with Crippen molar-refractivity contribution in [2.45, 2.75) is 0 Å². The summed E-state index contributed by atoms with van der Waals surface area (Å²) in [6.07, 6.45) is 0. The van der Waals surface area contributed by atoms with Crippen LogP contribution in [0.2, 0.25) is 0 Å². The summed E-state index contributed by atoms with van der Waals surface area (Å²) in [4.78, 5) is 33.7. The fourth-order valence-electron chi connectivity index (χ4n) is 1.83. The van der Waals surface area contributed by atoms with Crippen LogP contribution in [0.25, 0.3) is 0 Å². The van der Waals surface area contributed by atoms with Crippen LogP contribution < -0.4 is 10.1 Å². The second-order valence-corrected chi connectivity index (χ2v) is 4.67. The number of hydrogen-bond donors (Lipinski definition) is 3. The molecule has 0 saturated carbocycles. The first-order chi connectivity index (χ1) is 11.4. The highest BCUT2D eigenvalue weighted by atomic mass is 19.1. The fourth-order valence-corrected chi connectivity index (χ4v) is 1.83. The number of para-hydroxylation sites is 1. The van der Waals surface area contributed by atoms with E-state index in [0.717, 1.165) is 18.2 Å². The predicted molar refractivity (Wildman–Crippen MR) is 80.9 cm³/mol. The molecule has 0 spiro atoms. The third-order valence-electron chi connectivity index (χ3n) is 2.92. The molecule has 7 nitrogen and oxygen atoms in total. The lowest BCUT2D eigenvalue weighted by Crippen LogP contribution is -2.21. The maximum absolute atomic E-state index is 13.4. The molecule has 0 atom stereocenters. The quantitative estimate of drug-likeness (QED) is 0.747. The van der Waals surface area contributed by atoms with Crippen molar-refractivity contribution in [1.82, 2.24) is 0 Å². The van der Waals surface area contributed by atoms with Crippen LogP contribution in [0.3, 0.4) is 0 Å². The summed E-state index contributed by atoms with van der Waals surface area (Å²) in [5.41, 5.74) is -0.615. The molecule has 0 unspecified atom stereocenters. The third kappa shape index (κ3) is 4.29. The molecule has 0 heterocycles. The number of anilines is 1. The van der Waals surface area contributed by atoms with E-state index in [2.05, 4.69) is 5.32 Å². The van der Waals surface area contributed by atoms with Gasteiger partial charge in [0.1, 0.15) is 11.6 Å². The van der Waals surface area contributed by atoms with Crippen LogP contribution in [-0.4, -0.2) is 34.7 Å². The van der Waals surface area contributed by atoms with Gasteiger partial charge in [-0.15, -0.1) is 0 Å². The zero-order chi connectivity index (χ0) is 17.7. The van der Waals surface area contributed by atoms with Crippen LogP contribution in [0.1, 0.15) is 20.7 Å². The Morgan fingerprint density at radius 1 is 1.00 bits per heavy atom. The summed E-state index contributed by atoms with van der Waals surface area (Å²) in [6, 6.07) is 8.68. The summed E-state index contributed by atoms with van der Waals surface area (Å²) in [6.45, 7) is -0.545. The summed E-state index contributed by atoms with van der Waals surface area (Å²) in [5, 5.41) is 20.2. The molecular formula is C16H12FNO6. The Hall–Kier alpha value is -3.42. The van der Waals surface area contributed by atoms with Crippen molar-refractivity contribution < 1.29 is 33.7 Å². The number of benzene rings is 2. The lowest BCUT2D eigenvalue weighted by Gasteiger charge is -2.09. The molecule has 2 rings (SSSR count). The van der Waals surface area contributed by atoms with Gasteiger partial charge >= 0.3 is 11.9 Å². The molecule has 0 aliphatic carbocycles. The molecule has 0 bridgehead atoms. The van der Waals surface area contributed by atoms with E-state index in [1.165, 1.54) is 24.3 Å². The summed E-state index contributed by atoms with van der Waals surface area (Å²) < 4.78 is 18.5. The number of nitrogens with one attached hydrogen (secondary N) is 1. The zero-order valence-corrected chi connectivity index (χ0v) is 12.2. The Morgan fingerprint density at radius 2 is 1.58 bits per heavy atom. The van der Waals surface area contributed by atoms with Crippen LogP contribution in [0.5, 0.6) is 5.75 Å². The standard InChI is InChI=1S/C16H12FNO6/c17-12-3-1-2-4-13(12)18-14(19)8-24-11-6-9(15(20)21)5-10(7-11)16(22)23/h1-7H,8H2,(H,18,19)(H,20,21)(H,22,23). The van der Waals surface area contributed by atoms with Crippen LogP contribution >= 0.6 is 0 Å². The maximum atomic E-state index is 13.4. The minimum atomic E-state index is -1.33. The van der Waals surface area contributed by atoms with Crippen LogP contribution in [-0.2, 0) is 4.79 Å². The zero-order valence-electron chi connectivity index (χ0n) is 12.2. The Bertz CT molecular complexity index is 773. The van der Waals surface area contributed by atoms with Crippen molar-refractivity contribution >= 4 is 23.5 Å². The van der Waals surface area contributed by atoms with Crippen molar-refractivity contribution in [1.29, 1.82) is 0 Å². The van der Waals surface area contributed by atoms with Crippen molar-refractivity contribution in [2.24, 2.45) is 0 Å². The molecule has 0 fully saturated rings. The Morgan fingerprint density at radius 3 is 2.12 bits per heavy atom. The molecule has 8 heteroatoms. The number of aromatic carboxylic acids is 2. The number of carbonyl (C=O) groups is 3. The van der Waals surface area contributed by atoms with Gasteiger partial charge in [-0.3, -0.25) is 4.79 Å². The number of rotatable bonds is 6. The number of carbonyl (C=O) groups excluding carboxylic acids is 1. The molecule has 0 saturated heterocycles. The molecule has 0 aliphatic rings. The molecule has 2 aromatic carbocycles. The largest absolute Gasteiger partial charge is 0.484 e. The van der Waals surface area contributed by atoms with Gasteiger partial charge in [0.2, 0.25) is 0 Å². The fraction of sp³-hybridized carbons (Fsp3) is 0.0625. The monoisotopic (exact) mass is 333 g/mol. The molecule has 1 amide bonds. The predicted octanol–water partition coefficient (Wildman–Crippen LogP) is 2.24. The highest BCUT2D eigenvalue weighted by Gasteiger charge is 2.13. The molecule has 0 radical (unpaired) electrons. The second-order valence-electron chi connectivity index (χ2n) is 4.67. The van der Waals surface area contributed by atoms with Gasteiger partial charge in [-0.1, -0.05) is 12.1 Å². The van der Waals surface area contributed by atoms with E-state index in [-0.39, 0.29) is 22.6 Å². The molecule has 0 aliphatic heterocycles. The van der Waals surface area contributed by atoms with Gasteiger partial charge in [0.15, 0.2) is 6.61 Å². The summed E-state index contributed by atoms with van der Waals surface area (Å²) >= 11 is 0. The van der Waals surface area contributed by atoms with Crippen LogP contribution in [0.15, 0.2) is 42.5 Å².